The summed E-state index contributed by atoms with van der Waals surface area (Å²) >= 11 is 0. The summed E-state index contributed by atoms with van der Waals surface area (Å²) in [6.45, 7) is 6.83. The van der Waals surface area contributed by atoms with Gasteiger partial charge in [0.1, 0.15) is 12.4 Å². The van der Waals surface area contributed by atoms with Crippen LogP contribution in [0.1, 0.15) is 43.9 Å². The van der Waals surface area contributed by atoms with E-state index < -0.39 is 0 Å². The van der Waals surface area contributed by atoms with E-state index in [-0.39, 0.29) is 0 Å². The number of nitrogens with one attached hydrogen (secondary N) is 1. The fourth-order valence-corrected chi connectivity index (χ4v) is 3.48. The lowest BCUT2D eigenvalue weighted by atomic mass is 9.93. The van der Waals surface area contributed by atoms with Gasteiger partial charge in [-0.05, 0) is 32.1 Å². The van der Waals surface area contributed by atoms with Crippen molar-refractivity contribution in [2.45, 2.75) is 51.7 Å². The lowest BCUT2D eigenvalue weighted by molar-refractivity contribution is 0.188. The summed E-state index contributed by atoms with van der Waals surface area (Å²) in [5.41, 5.74) is 0. The van der Waals surface area contributed by atoms with Crippen molar-refractivity contribution >= 4 is 5.96 Å². The van der Waals surface area contributed by atoms with E-state index in [1.807, 2.05) is 31.1 Å². The Morgan fingerprint density at radius 2 is 2.15 bits per heavy atom. The second kappa shape index (κ2) is 7.09. The number of aryl methyl sites for hydroxylation is 1. The van der Waals surface area contributed by atoms with Crippen LogP contribution in [0.5, 0.6) is 0 Å². The molecule has 2 fully saturated rings. The number of likely N-dealkylation sites (tertiary alicyclic amines) is 1. The Bertz CT molecular complexity index is 758. The fraction of sp³-hybridized carbons (Fsp3) is 0.667. The number of guanidine groups is 1. The molecule has 0 aromatic carbocycles. The topological polar surface area (TPSA) is 76.2 Å². The smallest absolute Gasteiger partial charge is 0.194 e. The van der Waals surface area contributed by atoms with Crippen LogP contribution in [-0.2, 0) is 13.6 Å². The molecule has 1 N–H and O–H groups in total. The molecule has 3 heterocycles. The summed E-state index contributed by atoms with van der Waals surface area (Å²) in [7, 11) is 1.99. The molecule has 0 radical (unpaired) electrons. The Morgan fingerprint density at radius 1 is 1.31 bits per heavy atom. The molecule has 2 aromatic heterocycles. The van der Waals surface area contributed by atoms with Crippen LogP contribution in [0.3, 0.4) is 0 Å². The van der Waals surface area contributed by atoms with Gasteiger partial charge >= 0.3 is 0 Å². The standard InChI is InChI=1S/C18H28N8/c1-13-6-8-25(11-16(13)26-9-7-19-12-26)18(21-15-4-5-15)20-10-17-23-22-14(2)24(17)3/h7,9,12-13,15-16H,4-6,8,10-11H2,1-3H3,(H,20,21). The average molecular weight is 356 g/mol. The van der Waals surface area contributed by atoms with Gasteiger partial charge in [-0.2, -0.15) is 0 Å². The third-order valence-corrected chi connectivity index (χ3v) is 5.59. The molecule has 2 atom stereocenters. The Labute approximate surface area is 154 Å². The van der Waals surface area contributed by atoms with Crippen molar-refractivity contribution in [3.8, 4) is 0 Å². The highest BCUT2D eigenvalue weighted by molar-refractivity contribution is 5.80. The Hall–Kier alpha value is -2.38. The predicted octanol–water partition coefficient (Wildman–Crippen LogP) is 1.51. The first kappa shape index (κ1) is 17.1. The van der Waals surface area contributed by atoms with Gasteiger partial charge in [-0.3, -0.25) is 0 Å². The van der Waals surface area contributed by atoms with Crippen LogP contribution >= 0.6 is 0 Å². The van der Waals surface area contributed by atoms with Crippen molar-refractivity contribution in [1.82, 2.24) is 34.5 Å². The van der Waals surface area contributed by atoms with Gasteiger partial charge in [0.2, 0.25) is 0 Å². The van der Waals surface area contributed by atoms with Crippen molar-refractivity contribution in [2.75, 3.05) is 13.1 Å². The molecule has 2 unspecified atom stereocenters. The summed E-state index contributed by atoms with van der Waals surface area (Å²) in [6.07, 6.45) is 9.47. The lowest BCUT2D eigenvalue weighted by Gasteiger charge is -2.39. The SMILES string of the molecule is Cc1nnc(CN=C(NC2CC2)N2CCC(C)C(n3ccnc3)C2)n1C. The second-order valence-electron chi connectivity index (χ2n) is 7.57. The number of nitrogens with zero attached hydrogens (tertiary/aromatic N) is 7. The van der Waals surface area contributed by atoms with Crippen LogP contribution in [-0.4, -0.2) is 54.3 Å². The van der Waals surface area contributed by atoms with Gasteiger partial charge in [-0.25, -0.2) is 9.98 Å². The highest BCUT2D eigenvalue weighted by atomic mass is 15.3. The first-order valence-electron chi connectivity index (χ1n) is 9.50. The van der Waals surface area contributed by atoms with E-state index in [9.17, 15) is 0 Å². The number of aromatic nitrogens is 5. The number of imidazole rings is 1. The quantitative estimate of drug-likeness (QED) is 0.664. The monoisotopic (exact) mass is 356 g/mol. The Kier molecular flexibility index (Phi) is 4.65. The summed E-state index contributed by atoms with van der Waals surface area (Å²) in [6, 6.07) is 0.996. The van der Waals surface area contributed by atoms with Crippen LogP contribution in [0.2, 0.25) is 0 Å². The van der Waals surface area contributed by atoms with E-state index in [4.69, 9.17) is 4.99 Å². The highest BCUT2D eigenvalue weighted by Crippen LogP contribution is 2.28. The molecule has 140 valence electrons. The van der Waals surface area contributed by atoms with E-state index in [0.29, 0.717) is 24.5 Å². The van der Waals surface area contributed by atoms with Gasteiger partial charge in [0.15, 0.2) is 11.8 Å². The zero-order valence-electron chi connectivity index (χ0n) is 15.8. The minimum absolute atomic E-state index is 0.425. The van der Waals surface area contributed by atoms with Gasteiger partial charge in [0, 0.05) is 38.6 Å². The molecule has 8 heteroatoms. The van der Waals surface area contributed by atoms with E-state index in [2.05, 4.69) is 43.1 Å². The predicted molar refractivity (Wildman–Crippen MR) is 99.7 cm³/mol. The van der Waals surface area contributed by atoms with Crippen molar-refractivity contribution in [2.24, 2.45) is 18.0 Å². The highest BCUT2D eigenvalue weighted by Gasteiger charge is 2.31. The number of hydrogen-bond donors (Lipinski definition) is 1. The lowest BCUT2D eigenvalue weighted by Crippen LogP contribution is -2.49. The van der Waals surface area contributed by atoms with Gasteiger partial charge in [-0.15, -0.1) is 10.2 Å². The maximum Gasteiger partial charge on any atom is 0.194 e. The van der Waals surface area contributed by atoms with E-state index in [1.165, 1.54) is 12.8 Å². The molecular formula is C18H28N8. The van der Waals surface area contributed by atoms with Crippen molar-refractivity contribution in [3.05, 3.63) is 30.4 Å². The number of rotatable bonds is 4. The van der Waals surface area contributed by atoms with E-state index in [1.54, 1.807) is 0 Å². The van der Waals surface area contributed by atoms with E-state index in [0.717, 1.165) is 37.1 Å². The summed E-state index contributed by atoms with van der Waals surface area (Å²) in [5, 5.41) is 12.0. The van der Waals surface area contributed by atoms with Crippen molar-refractivity contribution < 1.29 is 0 Å². The maximum absolute atomic E-state index is 4.90. The normalized spacial score (nSPS) is 24.1. The molecule has 26 heavy (non-hydrogen) atoms. The Balaban J connectivity index is 1.52. The number of piperidine rings is 1. The second-order valence-corrected chi connectivity index (χ2v) is 7.57. The molecule has 1 saturated heterocycles. The van der Waals surface area contributed by atoms with Crippen molar-refractivity contribution in [3.63, 3.8) is 0 Å². The molecule has 0 bridgehead atoms. The van der Waals surface area contributed by atoms with Gasteiger partial charge in [0.25, 0.3) is 0 Å². The van der Waals surface area contributed by atoms with Gasteiger partial charge in [0.05, 0.1) is 12.4 Å². The summed E-state index contributed by atoms with van der Waals surface area (Å²) < 4.78 is 4.24. The molecule has 1 saturated carbocycles. The minimum atomic E-state index is 0.425. The summed E-state index contributed by atoms with van der Waals surface area (Å²) in [5.74, 6) is 3.45. The van der Waals surface area contributed by atoms with Crippen molar-refractivity contribution in [1.29, 1.82) is 0 Å². The maximum atomic E-state index is 4.90. The fourth-order valence-electron chi connectivity index (χ4n) is 3.48. The largest absolute Gasteiger partial charge is 0.353 e. The molecule has 0 spiro atoms. The Morgan fingerprint density at radius 3 is 2.81 bits per heavy atom. The van der Waals surface area contributed by atoms with Crippen LogP contribution in [0.25, 0.3) is 0 Å². The first-order valence-corrected chi connectivity index (χ1v) is 9.50. The third kappa shape index (κ3) is 3.59. The molecule has 2 aromatic rings. The molecular weight excluding hydrogens is 328 g/mol. The zero-order chi connectivity index (χ0) is 18.1. The van der Waals surface area contributed by atoms with Crippen LogP contribution in [0, 0.1) is 12.8 Å². The molecule has 8 nitrogen and oxygen atoms in total. The number of aliphatic imine (C=N–C) groups is 1. The molecule has 1 aliphatic heterocycles. The average Bonchev–Trinajstić information content (AvgIpc) is 3.18. The molecule has 1 aliphatic carbocycles. The van der Waals surface area contributed by atoms with Crippen LogP contribution in [0.15, 0.2) is 23.7 Å². The third-order valence-electron chi connectivity index (χ3n) is 5.59. The molecule has 2 aliphatic rings. The van der Waals surface area contributed by atoms with Crippen LogP contribution < -0.4 is 5.32 Å². The van der Waals surface area contributed by atoms with Gasteiger partial charge < -0.3 is 19.4 Å². The summed E-state index contributed by atoms with van der Waals surface area (Å²) in [4.78, 5) is 11.5. The van der Waals surface area contributed by atoms with E-state index >= 15 is 0 Å². The molecule has 0 amide bonds. The first-order chi connectivity index (χ1) is 12.6. The van der Waals surface area contributed by atoms with Gasteiger partial charge in [-0.1, -0.05) is 6.92 Å². The molecule has 4 rings (SSSR count). The number of hydrogen-bond acceptors (Lipinski definition) is 4. The minimum Gasteiger partial charge on any atom is -0.353 e. The van der Waals surface area contributed by atoms with Crippen LogP contribution in [0.4, 0.5) is 0 Å². The zero-order valence-corrected chi connectivity index (χ0v) is 15.8.